The van der Waals surface area contributed by atoms with Crippen molar-refractivity contribution in [3.63, 3.8) is 0 Å². The largest absolute Gasteiger partial charge is 0.497 e. The van der Waals surface area contributed by atoms with Crippen LogP contribution in [0, 0.1) is 0 Å². The predicted octanol–water partition coefficient (Wildman–Crippen LogP) is 1.90. The van der Waals surface area contributed by atoms with Crippen LogP contribution in [0.15, 0.2) is 24.3 Å². The molecule has 0 aliphatic carbocycles. The van der Waals surface area contributed by atoms with Gasteiger partial charge in [-0.05, 0) is 45.1 Å². The van der Waals surface area contributed by atoms with Crippen molar-refractivity contribution in [3.05, 3.63) is 24.3 Å². The van der Waals surface area contributed by atoms with E-state index in [9.17, 15) is 4.79 Å². The number of methoxy groups -OCH3 is 1. The molecule has 0 atom stereocenters. The zero-order chi connectivity index (χ0) is 15.2. The molecule has 5 nitrogen and oxygen atoms in total. The lowest BCUT2D eigenvalue weighted by Crippen LogP contribution is -2.46. The zero-order valence-corrected chi connectivity index (χ0v) is 13.1. The molecule has 3 N–H and O–H groups in total. The van der Waals surface area contributed by atoms with Crippen LogP contribution >= 0.6 is 12.2 Å². The van der Waals surface area contributed by atoms with Gasteiger partial charge in [-0.2, -0.15) is 0 Å². The highest BCUT2D eigenvalue weighted by atomic mass is 32.1. The second-order valence-corrected chi connectivity index (χ2v) is 5.75. The van der Waals surface area contributed by atoms with Gasteiger partial charge in [0.1, 0.15) is 5.75 Å². The molecule has 0 unspecified atom stereocenters. The molecule has 1 aromatic carbocycles. The van der Waals surface area contributed by atoms with E-state index in [1.54, 1.807) is 7.11 Å². The Kier molecular flexibility index (Phi) is 5.76. The normalized spacial score (nSPS) is 10.6. The van der Waals surface area contributed by atoms with Crippen molar-refractivity contribution in [2.75, 3.05) is 19.0 Å². The zero-order valence-electron chi connectivity index (χ0n) is 12.2. The Hall–Kier alpha value is -1.82. The Morgan fingerprint density at radius 3 is 2.65 bits per heavy atom. The van der Waals surface area contributed by atoms with Crippen LogP contribution in [0.5, 0.6) is 5.75 Å². The van der Waals surface area contributed by atoms with E-state index >= 15 is 0 Å². The van der Waals surface area contributed by atoms with Crippen LogP contribution in [0.1, 0.15) is 20.8 Å². The Labute approximate surface area is 125 Å². The minimum absolute atomic E-state index is 0.104. The molecule has 0 fully saturated rings. The van der Waals surface area contributed by atoms with Crippen molar-refractivity contribution < 1.29 is 9.53 Å². The minimum Gasteiger partial charge on any atom is -0.497 e. The molecule has 0 bridgehead atoms. The molecule has 20 heavy (non-hydrogen) atoms. The van der Waals surface area contributed by atoms with Gasteiger partial charge in [0.25, 0.3) is 0 Å². The topological polar surface area (TPSA) is 62.4 Å². The molecule has 6 heteroatoms. The third kappa shape index (κ3) is 6.38. The summed E-state index contributed by atoms with van der Waals surface area (Å²) in [6, 6.07) is 7.39. The summed E-state index contributed by atoms with van der Waals surface area (Å²) in [5.74, 6) is 0.635. The number of hydrogen-bond donors (Lipinski definition) is 3. The lowest BCUT2D eigenvalue weighted by molar-refractivity contribution is -0.121. The number of thiocarbonyl (C=S) groups is 1. The van der Waals surface area contributed by atoms with E-state index in [-0.39, 0.29) is 18.0 Å². The average Bonchev–Trinajstić information content (AvgIpc) is 2.34. The molecule has 0 aromatic heterocycles. The fourth-order valence-electron chi connectivity index (χ4n) is 1.50. The third-order valence-electron chi connectivity index (χ3n) is 2.25. The summed E-state index contributed by atoms with van der Waals surface area (Å²) < 4.78 is 5.12. The highest BCUT2D eigenvalue weighted by Crippen LogP contribution is 2.16. The molecule has 110 valence electrons. The molecule has 0 aliphatic rings. The monoisotopic (exact) mass is 295 g/mol. The first kappa shape index (κ1) is 16.2. The van der Waals surface area contributed by atoms with E-state index in [4.69, 9.17) is 17.0 Å². The summed E-state index contributed by atoms with van der Waals surface area (Å²) in [7, 11) is 1.60. The van der Waals surface area contributed by atoms with E-state index in [0.717, 1.165) is 11.4 Å². The van der Waals surface area contributed by atoms with Gasteiger partial charge in [-0.1, -0.05) is 6.07 Å². The number of carbonyl (C=O) groups excluding carboxylic acids is 1. The first-order valence-electron chi connectivity index (χ1n) is 6.30. The first-order valence-corrected chi connectivity index (χ1v) is 6.71. The Morgan fingerprint density at radius 1 is 1.35 bits per heavy atom. The first-order chi connectivity index (χ1) is 9.30. The van der Waals surface area contributed by atoms with Crippen molar-refractivity contribution in [2.45, 2.75) is 26.3 Å². The van der Waals surface area contributed by atoms with Crippen LogP contribution in [0.2, 0.25) is 0 Å². The molecule has 0 spiro atoms. The number of benzene rings is 1. The molecular weight excluding hydrogens is 274 g/mol. The quantitative estimate of drug-likeness (QED) is 0.741. The lowest BCUT2D eigenvalue weighted by atomic mass is 10.1. The molecular formula is C14H21N3O2S. The van der Waals surface area contributed by atoms with Crippen molar-refractivity contribution in [3.8, 4) is 5.75 Å². The lowest BCUT2D eigenvalue weighted by Gasteiger charge is -2.21. The second kappa shape index (κ2) is 7.09. The highest BCUT2D eigenvalue weighted by Gasteiger charge is 2.13. The molecule has 0 aliphatic heterocycles. The van der Waals surface area contributed by atoms with Gasteiger partial charge in [0, 0.05) is 17.3 Å². The van der Waals surface area contributed by atoms with Crippen molar-refractivity contribution in [2.24, 2.45) is 0 Å². The molecule has 0 saturated carbocycles. The summed E-state index contributed by atoms with van der Waals surface area (Å²) in [5, 5.41) is 9.09. The van der Waals surface area contributed by atoms with Crippen molar-refractivity contribution >= 4 is 28.9 Å². The second-order valence-electron chi connectivity index (χ2n) is 5.34. The number of anilines is 1. The van der Waals surface area contributed by atoms with Crippen molar-refractivity contribution in [1.29, 1.82) is 0 Å². The van der Waals surface area contributed by atoms with Crippen LogP contribution in [0.4, 0.5) is 5.69 Å². The number of rotatable bonds is 4. The summed E-state index contributed by atoms with van der Waals surface area (Å²) >= 11 is 5.13. The molecule has 1 amide bonds. The van der Waals surface area contributed by atoms with E-state index in [0.29, 0.717) is 5.11 Å². The maximum Gasteiger partial charge on any atom is 0.239 e. The van der Waals surface area contributed by atoms with Gasteiger partial charge in [0.05, 0.1) is 13.7 Å². The van der Waals surface area contributed by atoms with E-state index < -0.39 is 0 Å². The van der Waals surface area contributed by atoms with E-state index in [1.165, 1.54) is 0 Å². The van der Waals surface area contributed by atoms with Crippen LogP contribution in [-0.4, -0.2) is 30.2 Å². The maximum absolute atomic E-state index is 11.6. The summed E-state index contributed by atoms with van der Waals surface area (Å²) in [6.45, 7) is 5.92. The molecule has 1 aromatic rings. The third-order valence-corrected chi connectivity index (χ3v) is 2.50. The highest BCUT2D eigenvalue weighted by molar-refractivity contribution is 7.80. The van der Waals surface area contributed by atoms with Gasteiger partial charge in [-0.15, -0.1) is 0 Å². The van der Waals surface area contributed by atoms with Gasteiger partial charge in [0.15, 0.2) is 5.11 Å². The standard InChI is InChI=1S/C14H21N3O2S/c1-14(2,3)17-12(18)9-15-13(20)16-10-6-5-7-11(8-10)19-4/h5-8H,9H2,1-4H3,(H,17,18)(H2,15,16,20). The maximum atomic E-state index is 11.6. The van der Waals surface area contributed by atoms with Gasteiger partial charge in [-0.25, -0.2) is 0 Å². The van der Waals surface area contributed by atoms with Crippen LogP contribution in [0.25, 0.3) is 0 Å². The van der Waals surface area contributed by atoms with Gasteiger partial charge < -0.3 is 20.7 Å². The fraction of sp³-hybridized carbons (Fsp3) is 0.429. The minimum atomic E-state index is -0.249. The smallest absolute Gasteiger partial charge is 0.239 e. The fourth-order valence-corrected chi connectivity index (χ4v) is 1.69. The van der Waals surface area contributed by atoms with E-state index in [2.05, 4.69) is 16.0 Å². The number of ether oxygens (including phenoxy) is 1. The SMILES string of the molecule is COc1cccc(NC(=S)NCC(=O)NC(C)(C)C)c1. The number of carbonyl (C=O) groups is 1. The van der Waals surface area contributed by atoms with Crippen LogP contribution in [0.3, 0.4) is 0 Å². The Balaban J connectivity index is 2.42. The number of nitrogens with one attached hydrogen (secondary N) is 3. The van der Waals surface area contributed by atoms with Crippen LogP contribution in [-0.2, 0) is 4.79 Å². The summed E-state index contributed by atoms with van der Waals surface area (Å²) in [6.07, 6.45) is 0. The number of hydrogen-bond acceptors (Lipinski definition) is 3. The van der Waals surface area contributed by atoms with Gasteiger partial charge >= 0.3 is 0 Å². The molecule has 0 saturated heterocycles. The number of amides is 1. The molecule has 0 heterocycles. The predicted molar refractivity (Wildman–Crippen MR) is 85.1 cm³/mol. The molecule has 0 radical (unpaired) electrons. The average molecular weight is 295 g/mol. The molecule has 1 rings (SSSR count). The Morgan fingerprint density at radius 2 is 2.05 bits per heavy atom. The van der Waals surface area contributed by atoms with Crippen LogP contribution < -0.4 is 20.7 Å². The van der Waals surface area contributed by atoms with Crippen molar-refractivity contribution in [1.82, 2.24) is 10.6 Å². The van der Waals surface area contributed by atoms with Gasteiger partial charge in [0.2, 0.25) is 5.91 Å². The summed E-state index contributed by atoms with van der Waals surface area (Å²) in [4.78, 5) is 11.6. The van der Waals surface area contributed by atoms with Gasteiger partial charge in [-0.3, -0.25) is 4.79 Å². The Bertz CT molecular complexity index is 484. The summed E-state index contributed by atoms with van der Waals surface area (Å²) in [5.41, 5.74) is 0.554. The van der Waals surface area contributed by atoms with E-state index in [1.807, 2.05) is 45.0 Å².